The molecule has 0 saturated heterocycles. The number of para-hydroxylation sites is 1. The van der Waals surface area contributed by atoms with Crippen molar-refractivity contribution >= 4 is 22.7 Å². The Morgan fingerprint density at radius 3 is 2.15 bits per heavy atom. The van der Waals surface area contributed by atoms with Crippen molar-refractivity contribution in [2.24, 2.45) is 13.0 Å². The van der Waals surface area contributed by atoms with Crippen LogP contribution in [0.2, 0.25) is 0 Å². The van der Waals surface area contributed by atoms with Crippen molar-refractivity contribution < 1.29 is 26.3 Å². The maximum atomic E-state index is 13.6. The Bertz CT molecular complexity index is 1460. The summed E-state index contributed by atoms with van der Waals surface area (Å²) < 4.78 is 81.3. The van der Waals surface area contributed by atoms with Gasteiger partial charge in [-0.1, -0.05) is 23.3 Å². The van der Waals surface area contributed by atoms with Crippen LogP contribution in [-0.2, 0) is 32.5 Å². The molecule has 40 heavy (non-hydrogen) atoms. The topological polar surface area (TPSA) is 63.0 Å². The number of hydrogen-bond acceptors (Lipinski definition) is 6. The maximum Gasteiger partial charge on any atom is 0.416 e. The Labute approximate surface area is 226 Å². The molecule has 0 N–H and O–H groups in total. The van der Waals surface area contributed by atoms with Crippen molar-refractivity contribution in [3.05, 3.63) is 70.8 Å². The van der Waals surface area contributed by atoms with Gasteiger partial charge in [0.1, 0.15) is 5.82 Å². The second kappa shape index (κ2) is 10.6. The van der Waals surface area contributed by atoms with Gasteiger partial charge in [0.15, 0.2) is 0 Å². The molecule has 0 bridgehead atoms. The van der Waals surface area contributed by atoms with E-state index in [0.29, 0.717) is 18.3 Å². The van der Waals surface area contributed by atoms with Crippen molar-refractivity contribution in [1.29, 1.82) is 0 Å². The Morgan fingerprint density at radius 2 is 1.57 bits per heavy atom. The van der Waals surface area contributed by atoms with E-state index in [2.05, 4.69) is 20.3 Å². The van der Waals surface area contributed by atoms with Gasteiger partial charge in [-0.25, -0.2) is 4.98 Å². The van der Waals surface area contributed by atoms with E-state index in [0.717, 1.165) is 48.0 Å². The number of tetrazole rings is 1. The van der Waals surface area contributed by atoms with Crippen LogP contribution in [0.5, 0.6) is 0 Å². The summed E-state index contributed by atoms with van der Waals surface area (Å²) in [5, 5.41) is 12.9. The summed E-state index contributed by atoms with van der Waals surface area (Å²) >= 11 is 0. The molecule has 212 valence electrons. The minimum absolute atomic E-state index is 0.0674. The highest BCUT2D eigenvalue weighted by Crippen LogP contribution is 2.37. The molecule has 1 saturated carbocycles. The van der Waals surface area contributed by atoms with Crippen LogP contribution in [0.15, 0.2) is 48.5 Å². The molecule has 1 aliphatic rings. The van der Waals surface area contributed by atoms with E-state index < -0.39 is 23.5 Å². The lowest BCUT2D eigenvalue weighted by molar-refractivity contribution is -0.143. The average Bonchev–Trinajstić information content (AvgIpc) is 3.62. The average molecular weight is 564 g/mol. The number of halogens is 6. The van der Waals surface area contributed by atoms with E-state index in [4.69, 9.17) is 4.98 Å². The first kappa shape index (κ1) is 27.7. The standard InChI is InChI=1S/C27H27F6N7/c1-3-39(14-17-8-9-17)24-20(12-19-6-4-5-7-23(19)34-24)16-40(25-35-37-38(2)36-25)15-18-10-21(26(28,29)30)13-22(11-18)27(31,32)33/h4-7,10-13,17H,3,8-9,14-16H2,1-2H3. The number of anilines is 2. The van der Waals surface area contributed by atoms with Gasteiger partial charge >= 0.3 is 12.4 Å². The van der Waals surface area contributed by atoms with Crippen LogP contribution in [0.3, 0.4) is 0 Å². The van der Waals surface area contributed by atoms with Crippen molar-refractivity contribution in [2.45, 2.75) is 45.2 Å². The molecule has 7 nitrogen and oxygen atoms in total. The Hall–Kier alpha value is -3.90. The van der Waals surface area contributed by atoms with Crippen LogP contribution >= 0.6 is 0 Å². The smallest absolute Gasteiger partial charge is 0.356 e. The molecule has 0 aliphatic heterocycles. The van der Waals surface area contributed by atoms with Crippen LogP contribution in [0.25, 0.3) is 10.9 Å². The molecule has 0 unspecified atom stereocenters. The molecule has 0 spiro atoms. The summed E-state index contributed by atoms with van der Waals surface area (Å²) in [4.78, 5) is 9.78. The number of fused-ring (bicyclic) bond motifs is 1. The molecular formula is C27H27F6N7. The fourth-order valence-corrected chi connectivity index (χ4v) is 4.65. The van der Waals surface area contributed by atoms with Gasteiger partial charge in [0.25, 0.3) is 5.95 Å². The van der Waals surface area contributed by atoms with Crippen LogP contribution < -0.4 is 9.80 Å². The molecule has 2 aromatic carbocycles. The number of aryl methyl sites for hydroxylation is 1. The number of hydrogen-bond donors (Lipinski definition) is 0. The van der Waals surface area contributed by atoms with E-state index in [-0.39, 0.29) is 30.7 Å². The summed E-state index contributed by atoms with van der Waals surface area (Å²) in [6.07, 6.45) is -7.64. The first-order valence-corrected chi connectivity index (χ1v) is 12.8. The lowest BCUT2D eigenvalue weighted by Gasteiger charge is -2.28. The maximum absolute atomic E-state index is 13.6. The van der Waals surface area contributed by atoms with Gasteiger partial charge in [-0.15, -0.1) is 5.10 Å². The monoisotopic (exact) mass is 563 g/mol. The molecule has 1 aliphatic carbocycles. The first-order chi connectivity index (χ1) is 18.9. The number of aromatic nitrogens is 5. The van der Waals surface area contributed by atoms with Gasteiger partial charge in [-0.2, -0.15) is 31.1 Å². The third kappa shape index (κ3) is 6.28. The van der Waals surface area contributed by atoms with Crippen molar-refractivity contribution in [2.75, 3.05) is 22.9 Å². The van der Waals surface area contributed by atoms with Gasteiger partial charge in [0.2, 0.25) is 0 Å². The summed E-state index contributed by atoms with van der Waals surface area (Å²) in [5.74, 6) is 1.34. The second-order valence-corrected chi connectivity index (χ2v) is 9.99. The van der Waals surface area contributed by atoms with Crippen LogP contribution in [-0.4, -0.2) is 38.3 Å². The quantitative estimate of drug-likeness (QED) is 0.225. The minimum atomic E-state index is -4.95. The SMILES string of the molecule is CCN(CC1CC1)c1nc2ccccc2cc1CN(Cc1cc(C(F)(F)F)cc(C(F)(F)F)c1)c1nnn(C)n1. The molecule has 5 rings (SSSR count). The van der Waals surface area contributed by atoms with Crippen molar-refractivity contribution in [3.8, 4) is 0 Å². The molecule has 0 amide bonds. The Balaban J connectivity index is 1.58. The van der Waals surface area contributed by atoms with E-state index >= 15 is 0 Å². The number of rotatable bonds is 9. The van der Waals surface area contributed by atoms with Gasteiger partial charge in [-0.05, 0) is 66.8 Å². The molecular weight excluding hydrogens is 536 g/mol. The van der Waals surface area contributed by atoms with Crippen LogP contribution in [0.4, 0.5) is 38.1 Å². The van der Waals surface area contributed by atoms with E-state index in [1.807, 2.05) is 37.3 Å². The molecule has 0 atom stereocenters. The number of nitrogens with zero attached hydrogens (tertiary/aromatic N) is 7. The minimum Gasteiger partial charge on any atom is -0.356 e. The highest BCUT2D eigenvalue weighted by atomic mass is 19.4. The van der Waals surface area contributed by atoms with Gasteiger partial charge in [0.05, 0.1) is 23.7 Å². The van der Waals surface area contributed by atoms with Crippen molar-refractivity contribution in [3.63, 3.8) is 0 Å². The normalized spacial score (nSPS) is 14.1. The van der Waals surface area contributed by atoms with Gasteiger partial charge in [-0.3, -0.25) is 0 Å². The van der Waals surface area contributed by atoms with Gasteiger partial charge in [0, 0.05) is 37.1 Å². The predicted molar refractivity (Wildman–Crippen MR) is 137 cm³/mol. The number of benzene rings is 2. The third-order valence-corrected chi connectivity index (χ3v) is 6.80. The highest BCUT2D eigenvalue weighted by molar-refractivity contribution is 5.82. The number of pyridine rings is 1. The zero-order chi connectivity index (χ0) is 28.7. The molecule has 2 heterocycles. The summed E-state index contributed by atoms with van der Waals surface area (Å²) in [6.45, 7) is 3.27. The Morgan fingerprint density at radius 1 is 0.900 bits per heavy atom. The molecule has 2 aromatic heterocycles. The summed E-state index contributed by atoms with van der Waals surface area (Å²) in [5.41, 5.74) is -1.41. The fourth-order valence-electron chi connectivity index (χ4n) is 4.65. The van der Waals surface area contributed by atoms with Crippen molar-refractivity contribution in [1.82, 2.24) is 25.2 Å². The highest BCUT2D eigenvalue weighted by Gasteiger charge is 2.37. The summed E-state index contributed by atoms with van der Waals surface area (Å²) in [7, 11) is 1.53. The largest absolute Gasteiger partial charge is 0.416 e. The molecule has 13 heteroatoms. The van der Waals surface area contributed by atoms with Gasteiger partial charge < -0.3 is 9.80 Å². The lowest BCUT2D eigenvalue weighted by atomic mass is 10.0. The van der Waals surface area contributed by atoms with Crippen LogP contribution in [0, 0.1) is 5.92 Å². The zero-order valence-electron chi connectivity index (χ0n) is 21.8. The molecule has 0 radical (unpaired) electrons. The predicted octanol–water partition coefficient (Wildman–Crippen LogP) is 6.24. The van der Waals surface area contributed by atoms with Crippen LogP contribution in [0.1, 0.15) is 42.0 Å². The zero-order valence-corrected chi connectivity index (χ0v) is 21.8. The fraction of sp³-hybridized carbons (Fsp3) is 0.407. The molecule has 1 fully saturated rings. The van der Waals surface area contributed by atoms with E-state index in [1.54, 1.807) is 0 Å². The second-order valence-electron chi connectivity index (χ2n) is 9.99. The van der Waals surface area contributed by atoms with E-state index in [9.17, 15) is 26.3 Å². The Kier molecular flexibility index (Phi) is 7.32. The third-order valence-electron chi connectivity index (χ3n) is 6.80. The first-order valence-electron chi connectivity index (χ1n) is 12.8. The lowest BCUT2D eigenvalue weighted by Crippen LogP contribution is -2.30. The molecule has 4 aromatic rings. The summed E-state index contributed by atoms with van der Waals surface area (Å²) in [6, 6.07) is 11.1. The number of alkyl halides is 6. The van der Waals surface area contributed by atoms with E-state index in [1.165, 1.54) is 16.7 Å².